The Morgan fingerprint density at radius 3 is 2.06 bits per heavy atom. The average molecular weight is 246 g/mol. The van der Waals surface area contributed by atoms with E-state index in [-0.39, 0.29) is 0 Å². The number of benzene rings is 1. The summed E-state index contributed by atoms with van der Waals surface area (Å²) in [6.45, 7) is 10.7. The predicted molar refractivity (Wildman–Crippen MR) is 79.9 cm³/mol. The zero-order chi connectivity index (χ0) is 12.8. The molecule has 0 bridgehead atoms. The molecule has 1 aromatic carbocycles. The minimum Gasteiger partial charge on any atom is -0.140 e. The first-order valence-corrected chi connectivity index (χ1v) is 7.16. The SMILES string of the molecule is CC.Cc1cc(C(C)C)sc1-c1ccccc1. The summed E-state index contributed by atoms with van der Waals surface area (Å²) in [4.78, 5) is 2.89. The summed E-state index contributed by atoms with van der Waals surface area (Å²) in [6, 6.07) is 13.0. The summed E-state index contributed by atoms with van der Waals surface area (Å²) in [5.74, 6) is 0.631. The van der Waals surface area contributed by atoms with Gasteiger partial charge in [0.25, 0.3) is 0 Å². The van der Waals surface area contributed by atoms with Gasteiger partial charge in [0.2, 0.25) is 0 Å². The molecule has 1 heterocycles. The molecule has 0 spiro atoms. The molecule has 0 unspecified atom stereocenters. The summed E-state index contributed by atoms with van der Waals surface area (Å²) >= 11 is 1.92. The van der Waals surface area contributed by atoms with Crippen LogP contribution in [0.3, 0.4) is 0 Å². The molecule has 0 atom stereocenters. The minimum absolute atomic E-state index is 0.631. The van der Waals surface area contributed by atoms with Crippen LogP contribution in [-0.2, 0) is 0 Å². The van der Waals surface area contributed by atoms with Crippen LogP contribution in [0.2, 0.25) is 0 Å². The van der Waals surface area contributed by atoms with Gasteiger partial charge in [-0.2, -0.15) is 0 Å². The van der Waals surface area contributed by atoms with Crippen LogP contribution >= 0.6 is 11.3 Å². The van der Waals surface area contributed by atoms with E-state index in [0.717, 1.165) is 0 Å². The molecule has 2 rings (SSSR count). The van der Waals surface area contributed by atoms with Crippen LogP contribution in [0.1, 0.15) is 44.1 Å². The summed E-state index contributed by atoms with van der Waals surface area (Å²) < 4.78 is 0. The highest BCUT2D eigenvalue weighted by atomic mass is 32.1. The normalized spacial score (nSPS) is 10.0. The summed E-state index contributed by atoms with van der Waals surface area (Å²) in [7, 11) is 0. The third-order valence-electron chi connectivity index (χ3n) is 2.54. The second-order valence-electron chi connectivity index (χ2n) is 4.18. The molecule has 1 aromatic heterocycles. The van der Waals surface area contributed by atoms with Crippen LogP contribution in [0.15, 0.2) is 36.4 Å². The van der Waals surface area contributed by atoms with E-state index in [1.165, 1.54) is 20.9 Å². The smallest absolute Gasteiger partial charge is 0.0374 e. The Labute approximate surface area is 109 Å². The number of thiophene rings is 1. The molecule has 92 valence electrons. The molecule has 17 heavy (non-hydrogen) atoms. The van der Waals surface area contributed by atoms with Gasteiger partial charge in [-0.25, -0.2) is 0 Å². The van der Waals surface area contributed by atoms with Crippen LogP contribution < -0.4 is 0 Å². The molecular formula is C16H22S. The second kappa shape index (κ2) is 6.61. The van der Waals surface area contributed by atoms with Gasteiger partial charge in [-0.3, -0.25) is 0 Å². The Hall–Kier alpha value is -1.08. The van der Waals surface area contributed by atoms with Crippen molar-refractivity contribution in [1.29, 1.82) is 0 Å². The first-order valence-electron chi connectivity index (χ1n) is 6.34. The maximum Gasteiger partial charge on any atom is 0.0374 e. The fourth-order valence-electron chi connectivity index (χ4n) is 1.67. The lowest BCUT2D eigenvalue weighted by molar-refractivity contribution is 0.889. The quantitative estimate of drug-likeness (QED) is 0.621. The first-order chi connectivity index (χ1) is 8.18. The molecule has 0 aliphatic rings. The zero-order valence-electron chi connectivity index (χ0n) is 11.4. The average Bonchev–Trinajstić information content (AvgIpc) is 2.75. The molecule has 0 saturated carbocycles. The number of hydrogen-bond donors (Lipinski definition) is 0. The van der Waals surface area contributed by atoms with Gasteiger partial charge in [0.15, 0.2) is 0 Å². The summed E-state index contributed by atoms with van der Waals surface area (Å²) in [5, 5.41) is 0. The van der Waals surface area contributed by atoms with Crippen LogP contribution in [0.4, 0.5) is 0 Å². The highest BCUT2D eigenvalue weighted by molar-refractivity contribution is 7.15. The third-order valence-corrected chi connectivity index (χ3v) is 4.13. The lowest BCUT2D eigenvalue weighted by atomic mass is 10.1. The van der Waals surface area contributed by atoms with Crippen molar-refractivity contribution in [2.75, 3.05) is 0 Å². The molecule has 0 N–H and O–H groups in total. The molecule has 1 heteroatoms. The molecule has 0 radical (unpaired) electrons. The van der Waals surface area contributed by atoms with E-state index in [2.05, 4.69) is 57.2 Å². The number of aryl methyl sites for hydroxylation is 1. The summed E-state index contributed by atoms with van der Waals surface area (Å²) in [6.07, 6.45) is 0. The third kappa shape index (κ3) is 3.44. The Balaban J connectivity index is 0.000000686. The molecule has 0 amide bonds. The van der Waals surface area contributed by atoms with Crippen molar-refractivity contribution in [2.45, 2.75) is 40.5 Å². The zero-order valence-corrected chi connectivity index (χ0v) is 12.3. The van der Waals surface area contributed by atoms with Gasteiger partial charge < -0.3 is 0 Å². The van der Waals surface area contributed by atoms with Crippen molar-refractivity contribution in [3.8, 4) is 10.4 Å². The van der Waals surface area contributed by atoms with E-state index < -0.39 is 0 Å². The molecular weight excluding hydrogens is 224 g/mol. The van der Waals surface area contributed by atoms with Gasteiger partial charge in [0.05, 0.1) is 0 Å². The van der Waals surface area contributed by atoms with E-state index in [0.29, 0.717) is 5.92 Å². The van der Waals surface area contributed by atoms with E-state index in [1.54, 1.807) is 0 Å². The van der Waals surface area contributed by atoms with Crippen molar-refractivity contribution in [3.05, 3.63) is 46.8 Å². The van der Waals surface area contributed by atoms with Crippen molar-refractivity contribution < 1.29 is 0 Å². The predicted octanol–water partition coefficient (Wildman–Crippen LogP) is 5.87. The standard InChI is InChI=1S/C14H16S.C2H6/c1-10(2)13-9-11(3)14(15-13)12-7-5-4-6-8-12;1-2/h4-10H,1-3H3;1-2H3. The van der Waals surface area contributed by atoms with Crippen molar-refractivity contribution in [1.82, 2.24) is 0 Å². The van der Waals surface area contributed by atoms with Gasteiger partial charge in [-0.05, 0) is 30.0 Å². The van der Waals surface area contributed by atoms with Crippen LogP contribution in [-0.4, -0.2) is 0 Å². The maximum atomic E-state index is 2.32. The van der Waals surface area contributed by atoms with Crippen LogP contribution in [0, 0.1) is 6.92 Å². The van der Waals surface area contributed by atoms with E-state index >= 15 is 0 Å². The van der Waals surface area contributed by atoms with Crippen molar-refractivity contribution >= 4 is 11.3 Å². The minimum atomic E-state index is 0.631. The van der Waals surface area contributed by atoms with Gasteiger partial charge in [0, 0.05) is 9.75 Å². The van der Waals surface area contributed by atoms with Crippen molar-refractivity contribution in [3.63, 3.8) is 0 Å². The molecule has 0 fully saturated rings. The van der Waals surface area contributed by atoms with E-state index in [1.807, 2.05) is 25.2 Å². The molecule has 0 aliphatic heterocycles. The van der Waals surface area contributed by atoms with Crippen LogP contribution in [0.5, 0.6) is 0 Å². The first kappa shape index (κ1) is 14.0. The van der Waals surface area contributed by atoms with E-state index in [4.69, 9.17) is 0 Å². The highest BCUT2D eigenvalue weighted by Crippen LogP contribution is 2.35. The largest absolute Gasteiger partial charge is 0.140 e. The van der Waals surface area contributed by atoms with E-state index in [9.17, 15) is 0 Å². The topological polar surface area (TPSA) is 0 Å². The van der Waals surface area contributed by atoms with Gasteiger partial charge >= 0.3 is 0 Å². The monoisotopic (exact) mass is 246 g/mol. The number of rotatable bonds is 2. The lowest BCUT2D eigenvalue weighted by Crippen LogP contribution is -1.77. The van der Waals surface area contributed by atoms with Gasteiger partial charge in [-0.15, -0.1) is 11.3 Å². The van der Waals surface area contributed by atoms with Gasteiger partial charge in [-0.1, -0.05) is 58.0 Å². The maximum absolute atomic E-state index is 2.32. The second-order valence-corrected chi connectivity index (χ2v) is 5.27. The summed E-state index contributed by atoms with van der Waals surface area (Å²) in [5.41, 5.74) is 2.74. The fraction of sp³-hybridized carbons (Fsp3) is 0.375. The Morgan fingerprint density at radius 2 is 1.59 bits per heavy atom. The highest BCUT2D eigenvalue weighted by Gasteiger charge is 2.09. The Morgan fingerprint density at radius 1 is 1.00 bits per heavy atom. The number of hydrogen-bond acceptors (Lipinski definition) is 1. The molecule has 0 aliphatic carbocycles. The Kier molecular flexibility index (Phi) is 5.43. The molecule has 2 aromatic rings. The fourth-order valence-corrected chi connectivity index (χ4v) is 2.85. The Bertz CT molecular complexity index is 438. The van der Waals surface area contributed by atoms with Crippen LogP contribution in [0.25, 0.3) is 10.4 Å². The lowest BCUT2D eigenvalue weighted by Gasteiger charge is -1.99. The van der Waals surface area contributed by atoms with Crippen molar-refractivity contribution in [2.24, 2.45) is 0 Å². The van der Waals surface area contributed by atoms with Gasteiger partial charge in [0.1, 0.15) is 0 Å². The molecule has 0 saturated heterocycles. The molecule has 0 nitrogen and oxygen atoms in total.